The highest BCUT2D eigenvalue weighted by Crippen LogP contribution is 2.14. The van der Waals surface area contributed by atoms with Gasteiger partial charge in [0.05, 0.1) is 5.75 Å². The van der Waals surface area contributed by atoms with E-state index in [0.29, 0.717) is 12.0 Å². The standard InChI is InChI=1S/C14H18BrNO5S/c1-2-4-12(14(18)19)16-13(17)9-22(20,21)8-10-5-3-6-11(15)7-10/h3,5-7,12H,2,4,8-9H2,1H3,(H,16,17)(H,18,19). The van der Waals surface area contributed by atoms with Gasteiger partial charge in [0, 0.05) is 4.47 Å². The lowest BCUT2D eigenvalue weighted by molar-refractivity contribution is -0.141. The number of aliphatic carboxylic acids is 1. The first-order valence-electron chi connectivity index (χ1n) is 6.70. The number of hydrogen-bond acceptors (Lipinski definition) is 4. The molecule has 0 radical (unpaired) electrons. The van der Waals surface area contributed by atoms with Gasteiger partial charge in [-0.2, -0.15) is 0 Å². The SMILES string of the molecule is CCCC(NC(=O)CS(=O)(=O)Cc1cccc(Br)c1)C(=O)O. The second-order valence-corrected chi connectivity index (χ2v) is 7.89. The minimum Gasteiger partial charge on any atom is -0.480 e. The quantitative estimate of drug-likeness (QED) is 0.702. The lowest BCUT2D eigenvalue weighted by Gasteiger charge is -2.13. The first-order valence-corrected chi connectivity index (χ1v) is 9.32. The van der Waals surface area contributed by atoms with Gasteiger partial charge in [0.2, 0.25) is 5.91 Å². The van der Waals surface area contributed by atoms with Gasteiger partial charge in [-0.1, -0.05) is 41.4 Å². The van der Waals surface area contributed by atoms with Crippen LogP contribution in [0.15, 0.2) is 28.7 Å². The predicted molar refractivity (Wildman–Crippen MR) is 86.1 cm³/mol. The van der Waals surface area contributed by atoms with Crippen LogP contribution in [0.25, 0.3) is 0 Å². The van der Waals surface area contributed by atoms with Crippen molar-refractivity contribution in [2.24, 2.45) is 0 Å². The summed E-state index contributed by atoms with van der Waals surface area (Å²) < 4.78 is 24.8. The molecule has 0 fully saturated rings. The maximum absolute atomic E-state index is 12.0. The fourth-order valence-corrected chi connectivity index (χ4v) is 3.63. The van der Waals surface area contributed by atoms with Gasteiger partial charge in [0.15, 0.2) is 9.84 Å². The topological polar surface area (TPSA) is 101 Å². The molecule has 0 heterocycles. The summed E-state index contributed by atoms with van der Waals surface area (Å²) in [5, 5.41) is 11.2. The molecule has 0 spiro atoms. The summed E-state index contributed by atoms with van der Waals surface area (Å²) in [7, 11) is -3.66. The van der Waals surface area contributed by atoms with Gasteiger partial charge in [0.1, 0.15) is 11.8 Å². The molecular formula is C14H18BrNO5S. The zero-order valence-corrected chi connectivity index (χ0v) is 14.5. The largest absolute Gasteiger partial charge is 0.480 e. The average Bonchev–Trinajstić information content (AvgIpc) is 2.36. The fraction of sp³-hybridized carbons (Fsp3) is 0.429. The van der Waals surface area contributed by atoms with Crippen molar-refractivity contribution in [2.45, 2.75) is 31.6 Å². The Morgan fingerprint density at radius 2 is 2.05 bits per heavy atom. The lowest BCUT2D eigenvalue weighted by Crippen LogP contribution is -2.43. The minimum atomic E-state index is -3.66. The second kappa shape index (κ2) is 8.28. The highest BCUT2D eigenvalue weighted by molar-refractivity contribution is 9.10. The van der Waals surface area contributed by atoms with Crippen LogP contribution in [0.5, 0.6) is 0 Å². The Morgan fingerprint density at radius 1 is 1.36 bits per heavy atom. The Bertz CT molecular complexity index is 644. The Kier molecular flexibility index (Phi) is 7.02. The van der Waals surface area contributed by atoms with E-state index in [1.165, 1.54) is 0 Å². The van der Waals surface area contributed by atoms with Crippen molar-refractivity contribution in [3.8, 4) is 0 Å². The Hall–Kier alpha value is -1.41. The summed E-state index contributed by atoms with van der Waals surface area (Å²) in [4.78, 5) is 22.7. The third-order valence-corrected chi connectivity index (χ3v) is 4.81. The van der Waals surface area contributed by atoms with Crippen LogP contribution >= 0.6 is 15.9 Å². The predicted octanol–water partition coefficient (Wildman–Crippen LogP) is 1.73. The number of carbonyl (C=O) groups is 2. The van der Waals surface area contributed by atoms with E-state index < -0.39 is 33.5 Å². The van der Waals surface area contributed by atoms with E-state index in [-0.39, 0.29) is 12.2 Å². The number of benzene rings is 1. The summed E-state index contributed by atoms with van der Waals surface area (Å²) in [6.07, 6.45) is 0.828. The van der Waals surface area contributed by atoms with Crippen LogP contribution in [0.1, 0.15) is 25.3 Å². The van der Waals surface area contributed by atoms with Gasteiger partial charge < -0.3 is 10.4 Å². The van der Waals surface area contributed by atoms with Crippen molar-refractivity contribution >= 4 is 37.6 Å². The third kappa shape index (κ3) is 6.57. The molecule has 6 nitrogen and oxygen atoms in total. The van der Waals surface area contributed by atoms with Crippen LogP contribution in [-0.4, -0.2) is 37.2 Å². The molecule has 0 aliphatic rings. The molecule has 1 rings (SSSR count). The van der Waals surface area contributed by atoms with Crippen LogP contribution in [-0.2, 0) is 25.2 Å². The summed E-state index contributed by atoms with van der Waals surface area (Å²) in [6, 6.07) is 5.73. The van der Waals surface area contributed by atoms with Crippen molar-refractivity contribution < 1.29 is 23.1 Å². The maximum atomic E-state index is 12.0. The van der Waals surface area contributed by atoms with E-state index in [9.17, 15) is 18.0 Å². The van der Waals surface area contributed by atoms with Gasteiger partial charge in [-0.3, -0.25) is 4.79 Å². The van der Waals surface area contributed by atoms with E-state index in [2.05, 4.69) is 21.2 Å². The molecule has 22 heavy (non-hydrogen) atoms. The van der Waals surface area contributed by atoms with E-state index >= 15 is 0 Å². The third-order valence-electron chi connectivity index (χ3n) is 2.84. The number of halogens is 1. The van der Waals surface area contributed by atoms with Crippen molar-refractivity contribution in [1.82, 2.24) is 5.32 Å². The Labute approximate surface area is 138 Å². The molecule has 8 heteroatoms. The van der Waals surface area contributed by atoms with Crippen LogP contribution in [0.2, 0.25) is 0 Å². The Morgan fingerprint density at radius 3 is 2.59 bits per heavy atom. The molecule has 0 saturated heterocycles. The highest BCUT2D eigenvalue weighted by atomic mass is 79.9. The molecule has 1 atom stereocenters. The van der Waals surface area contributed by atoms with Gasteiger partial charge in [-0.05, 0) is 24.1 Å². The van der Waals surface area contributed by atoms with Gasteiger partial charge in [0.25, 0.3) is 0 Å². The first kappa shape index (κ1) is 18.6. The van der Waals surface area contributed by atoms with E-state index in [0.717, 1.165) is 4.47 Å². The lowest BCUT2D eigenvalue weighted by atomic mass is 10.2. The molecule has 1 amide bonds. The molecular weight excluding hydrogens is 374 g/mol. The summed E-state index contributed by atoms with van der Waals surface area (Å²) in [5.74, 6) is -2.96. The maximum Gasteiger partial charge on any atom is 0.326 e. The zero-order chi connectivity index (χ0) is 16.8. The molecule has 2 N–H and O–H groups in total. The number of sulfone groups is 1. The summed E-state index contributed by atoms with van der Waals surface area (Å²) >= 11 is 3.25. The van der Waals surface area contributed by atoms with Crippen molar-refractivity contribution in [1.29, 1.82) is 0 Å². The van der Waals surface area contributed by atoms with Crippen molar-refractivity contribution in [3.05, 3.63) is 34.3 Å². The van der Waals surface area contributed by atoms with Gasteiger partial charge in [-0.15, -0.1) is 0 Å². The first-order chi connectivity index (χ1) is 10.2. The molecule has 0 aliphatic carbocycles. The Balaban J connectivity index is 2.67. The number of nitrogens with one attached hydrogen (secondary N) is 1. The average molecular weight is 392 g/mol. The number of amides is 1. The number of carboxylic acid groups (broad SMARTS) is 1. The van der Waals surface area contributed by atoms with Crippen molar-refractivity contribution in [3.63, 3.8) is 0 Å². The van der Waals surface area contributed by atoms with Crippen molar-refractivity contribution in [2.75, 3.05) is 5.75 Å². The fourth-order valence-electron chi connectivity index (χ4n) is 1.91. The number of carbonyl (C=O) groups excluding carboxylic acids is 1. The van der Waals surface area contributed by atoms with Crippen LogP contribution in [0.4, 0.5) is 0 Å². The summed E-state index contributed by atoms with van der Waals surface area (Å²) in [6.45, 7) is 1.78. The molecule has 0 saturated carbocycles. The number of hydrogen-bond donors (Lipinski definition) is 2. The highest BCUT2D eigenvalue weighted by Gasteiger charge is 2.23. The van der Waals surface area contributed by atoms with Crippen LogP contribution in [0.3, 0.4) is 0 Å². The van der Waals surface area contributed by atoms with Crippen LogP contribution in [0, 0.1) is 0 Å². The van der Waals surface area contributed by atoms with E-state index in [4.69, 9.17) is 5.11 Å². The molecule has 0 aromatic heterocycles. The van der Waals surface area contributed by atoms with Gasteiger partial charge in [-0.25, -0.2) is 13.2 Å². The molecule has 1 aromatic rings. The van der Waals surface area contributed by atoms with E-state index in [1.54, 1.807) is 31.2 Å². The summed E-state index contributed by atoms with van der Waals surface area (Å²) in [5.41, 5.74) is 0.561. The molecule has 0 bridgehead atoms. The molecule has 0 aliphatic heterocycles. The van der Waals surface area contributed by atoms with E-state index in [1.807, 2.05) is 0 Å². The molecule has 122 valence electrons. The normalized spacial score (nSPS) is 12.6. The number of carboxylic acids is 1. The monoisotopic (exact) mass is 391 g/mol. The van der Waals surface area contributed by atoms with Gasteiger partial charge >= 0.3 is 5.97 Å². The second-order valence-electron chi connectivity index (χ2n) is 4.91. The molecule has 1 aromatic carbocycles. The molecule has 1 unspecified atom stereocenters. The smallest absolute Gasteiger partial charge is 0.326 e. The number of rotatable bonds is 8. The zero-order valence-electron chi connectivity index (χ0n) is 12.1. The minimum absolute atomic E-state index is 0.257. The van der Waals surface area contributed by atoms with Crippen LogP contribution < -0.4 is 5.32 Å².